The van der Waals surface area contributed by atoms with Crippen molar-refractivity contribution in [3.63, 3.8) is 0 Å². The van der Waals surface area contributed by atoms with Gasteiger partial charge in [0.15, 0.2) is 0 Å². The van der Waals surface area contributed by atoms with Gasteiger partial charge in [-0.15, -0.1) is 0 Å². The summed E-state index contributed by atoms with van der Waals surface area (Å²) in [7, 11) is 0. The SMILES string of the molecule is CC1CC(=O)CCC1(C)NC(=O)c1ccccc1. The summed E-state index contributed by atoms with van der Waals surface area (Å²) in [4.78, 5) is 23.6. The van der Waals surface area contributed by atoms with Crippen LogP contribution in [0.2, 0.25) is 0 Å². The number of hydrogen-bond donors (Lipinski definition) is 1. The molecular formula is C15H19NO2. The van der Waals surface area contributed by atoms with Crippen molar-refractivity contribution >= 4 is 11.7 Å². The quantitative estimate of drug-likeness (QED) is 0.870. The number of Topliss-reactive ketones (excluding diaryl/α,β-unsaturated/α-hetero) is 1. The van der Waals surface area contributed by atoms with Gasteiger partial charge in [0.25, 0.3) is 5.91 Å². The molecule has 0 radical (unpaired) electrons. The topological polar surface area (TPSA) is 46.2 Å². The van der Waals surface area contributed by atoms with Crippen molar-refractivity contribution in [1.29, 1.82) is 0 Å². The molecule has 0 aromatic heterocycles. The largest absolute Gasteiger partial charge is 0.347 e. The van der Waals surface area contributed by atoms with Gasteiger partial charge in [0, 0.05) is 23.9 Å². The molecule has 1 aliphatic rings. The van der Waals surface area contributed by atoms with Crippen molar-refractivity contribution in [2.45, 2.75) is 38.6 Å². The van der Waals surface area contributed by atoms with Crippen LogP contribution in [0.4, 0.5) is 0 Å². The zero-order valence-corrected chi connectivity index (χ0v) is 10.9. The lowest BCUT2D eigenvalue weighted by molar-refractivity contribution is -0.123. The molecule has 1 aliphatic carbocycles. The van der Waals surface area contributed by atoms with Gasteiger partial charge in [0.1, 0.15) is 5.78 Å². The van der Waals surface area contributed by atoms with Crippen molar-refractivity contribution in [3.8, 4) is 0 Å². The minimum Gasteiger partial charge on any atom is -0.347 e. The van der Waals surface area contributed by atoms with Crippen LogP contribution < -0.4 is 5.32 Å². The molecule has 1 aromatic rings. The van der Waals surface area contributed by atoms with Crippen molar-refractivity contribution in [2.75, 3.05) is 0 Å². The van der Waals surface area contributed by atoms with Crippen LogP contribution in [0.15, 0.2) is 30.3 Å². The average molecular weight is 245 g/mol. The van der Waals surface area contributed by atoms with Gasteiger partial charge in [-0.25, -0.2) is 0 Å². The van der Waals surface area contributed by atoms with Crippen molar-refractivity contribution in [1.82, 2.24) is 5.32 Å². The maximum Gasteiger partial charge on any atom is 0.251 e. The molecule has 1 N–H and O–H groups in total. The van der Waals surface area contributed by atoms with Gasteiger partial charge in [-0.3, -0.25) is 9.59 Å². The Bertz CT molecular complexity index is 455. The molecule has 0 spiro atoms. The first-order valence-corrected chi connectivity index (χ1v) is 6.40. The standard InChI is InChI=1S/C15H19NO2/c1-11-10-13(17)8-9-15(11,2)16-14(18)12-6-4-3-5-7-12/h3-7,11H,8-10H2,1-2H3,(H,16,18). The number of carbonyl (C=O) groups is 2. The monoisotopic (exact) mass is 245 g/mol. The molecular weight excluding hydrogens is 226 g/mol. The Morgan fingerprint density at radius 1 is 1.33 bits per heavy atom. The second-order valence-electron chi connectivity index (χ2n) is 5.38. The molecule has 2 unspecified atom stereocenters. The van der Waals surface area contributed by atoms with Gasteiger partial charge < -0.3 is 5.32 Å². The van der Waals surface area contributed by atoms with Crippen LogP contribution in [0, 0.1) is 5.92 Å². The van der Waals surface area contributed by atoms with E-state index in [4.69, 9.17) is 0 Å². The Morgan fingerprint density at radius 3 is 2.61 bits per heavy atom. The number of ketones is 1. The van der Waals surface area contributed by atoms with Gasteiger partial charge in [0.05, 0.1) is 0 Å². The van der Waals surface area contributed by atoms with Gasteiger partial charge >= 0.3 is 0 Å². The molecule has 1 saturated carbocycles. The van der Waals surface area contributed by atoms with Crippen LogP contribution in [0.3, 0.4) is 0 Å². The molecule has 0 saturated heterocycles. The molecule has 2 atom stereocenters. The first kappa shape index (κ1) is 12.8. The maximum atomic E-state index is 12.1. The van der Waals surface area contributed by atoms with Crippen molar-refractivity contribution in [3.05, 3.63) is 35.9 Å². The van der Waals surface area contributed by atoms with E-state index in [1.807, 2.05) is 32.0 Å². The second kappa shape index (κ2) is 4.92. The molecule has 1 amide bonds. The first-order valence-electron chi connectivity index (χ1n) is 6.40. The van der Waals surface area contributed by atoms with Crippen LogP contribution in [-0.2, 0) is 4.79 Å². The van der Waals surface area contributed by atoms with E-state index in [1.165, 1.54) is 0 Å². The van der Waals surface area contributed by atoms with E-state index < -0.39 is 0 Å². The highest BCUT2D eigenvalue weighted by atomic mass is 16.2. The molecule has 2 rings (SSSR count). The minimum atomic E-state index is -0.277. The van der Waals surface area contributed by atoms with Crippen molar-refractivity contribution in [2.24, 2.45) is 5.92 Å². The predicted molar refractivity (Wildman–Crippen MR) is 70.3 cm³/mol. The molecule has 0 aliphatic heterocycles. The number of rotatable bonds is 2. The molecule has 1 aromatic carbocycles. The fourth-order valence-corrected chi connectivity index (χ4v) is 2.42. The summed E-state index contributed by atoms with van der Waals surface area (Å²) in [5, 5.41) is 3.09. The molecule has 3 heteroatoms. The smallest absolute Gasteiger partial charge is 0.251 e. The van der Waals surface area contributed by atoms with E-state index in [1.54, 1.807) is 12.1 Å². The van der Waals surface area contributed by atoms with E-state index in [-0.39, 0.29) is 17.4 Å². The minimum absolute atomic E-state index is 0.0562. The summed E-state index contributed by atoms with van der Waals surface area (Å²) in [6, 6.07) is 9.20. The summed E-state index contributed by atoms with van der Waals surface area (Å²) in [5.41, 5.74) is 0.392. The Hall–Kier alpha value is -1.64. The number of amides is 1. The number of benzene rings is 1. The summed E-state index contributed by atoms with van der Waals surface area (Å²) in [6.07, 6.45) is 1.85. The molecule has 3 nitrogen and oxygen atoms in total. The Labute approximate surface area is 108 Å². The second-order valence-corrected chi connectivity index (χ2v) is 5.38. The summed E-state index contributed by atoms with van der Waals surface area (Å²) in [5.74, 6) is 0.430. The van der Waals surface area contributed by atoms with E-state index in [2.05, 4.69) is 5.32 Å². The van der Waals surface area contributed by atoms with Gasteiger partial charge in [-0.05, 0) is 31.4 Å². The zero-order valence-electron chi connectivity index (χ0n) is 10.9. The van der Waals surface area contributed by atoms with Crippen LogP contribution in [0.5, 0.6) is 0 Å². The van der Waals surface area contributed by atoms with E-state index in [9.17, 15) is 9.59 Å². The van der Waals surface area contributed by atoms with Crippen LogP contribution in [-0.4, -0.2) is 17.2 Å². The molecule has 96 valence electrons. The lowest BCUT2D eigenvalue weighted by atomic mass is 9.74. The van der Waals surface area contributed by atoms with E-state index in [0.29, 0.717) is 24.2 Å². The highest BCUT2D eigenvalue weighted by Gasteiger charge is 2.37. The summed E-state index contributed by atoms with van der Waals surface area (Å²) >= 11 is 0. The Morgan fingerprint density at radius 2 is 2.00 bits per heavy atom. The van der Waals surface area contributed by atoms with Crippen LogP contribution in [0.1, 0.15) is 43.5 Å². The number of hydrogen-bond acceptors (Lipinski definition) is 2. The summed E-state index contributed by atoms with van der Waals surface area (Å²) < 4.78 is 0. The fraction of sp³-hybridized carbons (Fsp3) is 0.467. The normalized spacial score (nSPS) is 27.9. The van der Waals surface area contributed by atoms with Gasteiger partial charge in [-0.1, -0.05) is 25.1 Å². The third-order valence-corrected chi connectivity index (χ3v) is 3.98. The lowest BCUT2D eigenvalue weighted by Gasteiger charge is -2.39. The van der Waals surface area contributed by atoms with Gasteiger partial charge in [0.2, 0.25) is 0 Å². The molecule has 0 heterocycles. The molecule has 18 heavy (non-hydrogen) atoms. The lowest BCUT2D eigenvalue weighted by Crippen LogP contribution is -2.53. The fourth-order valence-electron chi connectivity index (χ4n) is 2.42. The van der Waals surface area contributed by atoms with E-state index >= 15 is 0 Å². The van der Waals surface area contributed by atoms with Crippen LogP contribution >= 0.6 is 0 Å². The van der Waals surface area contributed by atoms with Crippen molar-refractivity contribution < 1.29 is 9.59 Å². The zero-order chi connectivity index (χ0) is 13.2. The maximum absolute atomic E-state index is 12.1. The predicted octanol–water partition coefficient (Wildman–Crippen LogP) is 2.56. The number of nitrogens with one attached hydrogen (secondary N) is 1. The Balaban J connectivity index is 2.09. The first-order chi connectivity index (χ1) is 8.51. The van der Waals surface area contributed by atoms with Gasteiger partial charge in [-0.2, -0.15) is 0 Å². The van der Waals surface area contributed by atoms with E-state index in [0.717, 1.165) is 6.42 Å². The average Bonchev–Trinajstić information content (AvgIpc) is 2.36. The highest BCUT2D eigenvalue weighted by molar-refractivity contribution is 5.94. The molecule has 1 fully saturated rings. The van der Waals surface area contributed by atoms with Crippen LogP contribution in [0.25, 0.3) is 0 Å². The third-order valence-electron chi connectivity index (χ3n) is 3.98. The third kappa shape index (κ3) is 2.61. The molecule has 0 bridgehead atoms. The summed E-state index contributed by atoms with van der Waals surface area (Å²) in [6.45, 7) is 4.06. The number of carbonyl (C=O) groups excluding carboxylic acids is 2. The Kier molecular flexibility index (Phi) is 3.50. The highest BCUT2D eigenvalue weighted by Crippen LogP contribution is 2.31.